The normalized spacial score (nSPS) is 20.0. The lowest BCUT2D eigenvalue weighted by Gasteiger charge is -2.29. The van der Waals surface area contributed by atoms with Crippen LogP contribution in [0.1, 0.15) is 26.3 Å². The van der Waals surface area contributed by atoms with Crippen molar-refractivity contribution in [3.8, 4) is 0 Å². The standard InChI is InChI=1S/C17H27N3O2.2ClH/c1-4-20(5-2)12-14-7-6-8-15(11-14)19-17(21)16-13(3)22-10-9-18-16;;/h6-8,11,13,16,18H,4-5,9-10,12H2,1-3H3,(H,19,21);2*1H/t13-,16+;;/m1../s1. The highest BCUT2D eigenvalue weighted by Gasteiger charge is 2.28. The van der Waals surface area contributed by atoms with Crippen molar-refractivity contribution in [2.75, 3.05) is 31.6 Å². The third-order valence-corrected chi connectivity index (χ3v) is 4.09. The number of carbonyl (C=O) groups is 1. The lowest BCUT2D eigenvalue weighted by atomic mass is 10.1. The summed E-state index contributed by atoms with van der Waals surface area (Å²) in [5.74, 6) is -0.0350. The van der Waals surface area contributed by atoms with Crippen LogP contribution in [0.15, 0.2) is 24.3 Å². The number of hydrogen-bond acceptors (Lipinski definition) is 4. The summed E-state index contributed by atoms with van der Waals surface area (Å²) in [6.07, 6.45) is -0.104. The Kier molecular flexibility index (Phi) is 11.2. The molecule has 1 aromatic rings. The molecule has 0 unspecified atom stereocenters. The topological polar surface area (TPSA) is 53.6 Å². The molecule has 2 atom stereocenters. The molecule has 2 N–H and O–H groups in total. The lowest BCUT2D eigenvalue weighted by Crippen LogP contribution is -2.53. The summed E-state index contributed by atoms with van der Waals surface area (Å²) >= 11 is 0. The van der Waals surface area contributed by atoms with E-state index in [4.69, 9.17) is 4.74 Å². The van der Waals surface area contributed by atoms with Crippen molar-refractivity contribution >= 4 is 36.4 Å². The number of benzene rings is 1. The van der Waals surface area contributed by atoms with Gasteiger partial charge in [-0.2, -0.15) is 0 Å². The number of nitrogens with zero attached hydrogens (tertiary/aromatic N) is 1. The molecule has 0 bridgehead atoms. The molecule has 0 radical (unpaired) electrons. The third-order valence-electron chi connectivity index (χ3n) is 4.09. The lowest BCUT2D eigenvalue weighted by molar-refractivity contribution is -0.123. The van der Waals surface area contributed by atoms with Gasteiger partial charge in [0.1, 0.15) is 6.04 Å². The van der Waals surface area contributed by atoms with Crippen LogP contribution < -0.4 is 10.6 Å². The molecule has 1 aromatic carbocycles. The number of nitrogens with one attached hydrogen (secondary N) is 2. The van der Waals surface area contributed by atoms with E-state index in [2.05, 4.69) is 35.4 Å². The second-order valence-corrected chi connectivity index (χ2v) is 5.66. The van der Waals surface area contributed by atoms with Gasteiger partial charge in [-0.1, -0.05) is 26.0 Å². The average molecular weight is 378 g/mol. The first-order valence-electron chi connectivity index (χ1n) is 8.11. The van der Waals surface area contributed by atoms with Crippen molar-refractivity contribution < 1.29 is 9.53 Å². The predicted octanol–water partition coefficient (Wildman–Crippen LogP) is 2.69. The van der Waals surface area contributed by atoms with E-state index >= 15 is 0 Å². The van der Waals surface area contributed by atoms with E-state index in [1.165, 1.54) is 5.56 Å². The summed E-state index contributed by atoms with van der Waals surface area (Å²) in [5, 5.41) is 6.20. The van der Waals surface area contributed by atoms with Crippen LogP contribution >= 0.6 is 24.8 Å². The number of morpholine rings is 1. The van der Waals surface area contributed by atoms with E-state index in [0.717, 1.165) is 25.3 Å². The molecule has 1 saturated heterocycles. The summed E-state index contributed by atoms with van der Waals surface area (Å²) in [6.45, 7) is 10.6. The van der Waals surface area contributed by atoms with Crippen LogP contribution in [0.25, 0.3) is 0 Å². The molecule has 1 amide bonds. The number of anilines is 1. The number of rotatable bonds is 6. The van der Waals surface area contributed by atoms with Gasteiger partial charge >= 0.3 is 0 Å². The van der Waals surface area contributed by atoms with E-state index in [9.17, 15) is 4.79 Å². The molecule has 0 aliphatic carbocycles. The van der Waals surface area contributed by atoms with Crippen LogP contribution in [0.2, 0.25) is 0 Å². The highest BCUT2D eigenvalue weighted by atomic mass is 35.5. The van der Waals surface area contributed by atoms with Gasteiger partial charge in [0.2, 0.25) is 5.91 Å². The molecular formula is C17H29Cl2N3O2. The fourth-order valence-corrected chi connectivity index (χ4v) is 2.70. The fraction of sp³-hybridized carbons (Fsp3) is 0.588. The first kappa shape index (κ1) is 23.1. The Morgan fingerprint density at radius 3 is 2.67 bits per heavy atom. The largest absolute Gasteiger partial charge is 0.375 e. The molecule has 24 heavy (non-hydrogen) atoms. The molecule has 5 nitrogen and oxygen atoms in total. The summed E-state index contributed by atoms with van der Waals surface area (Å²) in [6, 6.07) is 7.77. The molecule has 1 aliphatic rings. The number of ether oxygens (including phenoxy) is 1. The Morgan fingerprint density at radius 2 is 2.04 bits per heavy atom. The number of amides is 1. The first-order valence-corrected chi connectivity index (χ1v) is 8.11. The maximum Gasteiger partial charge on any atom is 0.244 e. The molecule has 2 rings (SSSR count). The van der Waals surface area contributed by atoms with Gasteiger partial charge in [-0.3, -0.25) is 9.69 Å². The highest BCUT2D eigenvalue weighted by molar-refractivity contribution is 5.95. The maximum absolute atomic E-state index is 12.4. The second-order valence-electron chi connectivity index (χ2n) is 5.66. The maximum atomic E-state index is 12.4. The molecule has 7 heteroatoms. The number of halogens is 2. The Morgan fingerprint density at radius 1 is 1.33 bits per heavy atom. The summed E-state index contributed by atoms with van der Waals surface area (Å²) in [4.78, 5) is 14.7. The van der Waals surface area contributed by atoms with Crippen molar-refractivity contribution in [2.24, 2.45) is 0 Å². The van der Waals surface area contributed by atoms with E-state index < -0.39 is 0 Å². The average Bonchev–Trinajstić information content (AvgIpc) is 2.53. The summed E-state index contributed by atoms with van der Waals surface area (Å²) in [7, 11) is 0. The van der Waals surface area contributed by atoms with Crippen molar-refractivity contribution in [1.29, 1.82) is 0 Å². The number of carbonyl (C=O) groups excluding carboxylic acids is 1. The summed E-state index contributed by atoms with van der Waals surface area (Å²) in [5.41, 5.74) is 2.05. The van der Waals surface area contributed by atoms with E-state index in [-0.39, 0.29) is 42.9 Å². The Bertz CT molecular complexity index is 498. The quantitative estimate of drug-likeness (QED) is 0.799. The smallest absolute Gasteiger partial charge is 0.244 e. The number of hydrogen-bond donors (Lipinski definition) is 2. The van der Waals surface area contributed by atoms with Gasteiger partial charge < -0.3 is 15.4 Å². The second kappa shape index (κ2) is 11.7. The Balaban J connectivity index is 0.00000264. The van der Waals surface area contributed by atoms with Gasteiger partial charge in [-0.15, -0.1) is 24.8 Å². The van der Waals surface area contributed by atoms with Gasteiger partial charge in [0.25, 0.3) is 0 Å². The molecule has 0 aromatic heterocycles. The molecule has 1 aliphatic heterocycles. The Hall–Kier alpha value is -0.850. The van der Waals surface area contributed by atoms with Crippen LogP contribution in [0.5, 0.6) is 0 Å². The van der Waals surface area contributed by atoms with Gasteiger partial charge in [0.15, 0.2) is 0 Å². The van der Waals surface area contributed by atoms with Crippen LogP contribution in [0.3, 0.4) is 0 Å². The molecular weight excluding hydrogens is 349 g/mol. The monoisotopic (exact) mass is 377 g/mol. The van der Waals surface area contributed by atoms with Gasteiger partial charge in [0.05, 0.1) is 12.7 Å². The zero-order valence-electron chi connectivity index (χ0n) is 14.6. The van der Waals surface area contributed by atoms with Gasteiger partial charge in [0, 0.05) is 18.8 Å². The van der Waals surface area contributed by atoms with Crippen LogP contribution in [-0.4, -0.2) is 49.2 Å². The minimum absolute atomic E-state index is 0. The fourth-order valence-electron chi connectivity index (χ4n) is 2.70. The SMILES string of the molecule is CCN(CC)Cc1cccc(NC(=O)[C@H]2NCCO[C@@H]2C)c1.Cl.Cl. The molecule has 138 valence electrons. The Labute approximate surface area is 157 Å². The molecule has 0 saturated carbocycles. The first-order chi connectivity index (χ1) is 10.6. The van der Waals surface area contributed by atoms with E-state index in [1.54, 1.807) is 0 Å². The predicted molar refractivity (Wildman–Crippen MR) is 103 cm³/mol. The minimum atomic E-state index is -0.291. The van der Waals surface area contributed by atoms with E-state index in [1.807, 2.05) is 25.1 Å². The van der Waals surface area contributed by atoms with Gasteiger partial charge in [-0.05, 0) is 37.7 Å². The molecule has 0 spiro atoms. The van der Waals surface area contributed by atoms with Crippen molar-refractivity contribution in [3.63, 3.8) is 0 Å². The van der Waals surface area contributed by atoms with Crippen molar-refractivity contribution in [3.05, 3.63) is 29.8 Å². The minimum Gasteiger partial charge on any atom is -0.375 e. The zero-order valence-corrected chi connectivity index (χ0v) is 16.2. The van der Waals surface area contributed by atoms with Gasteiger partial charge in [-0.25, -0.2) is 0 Å². The van der Waals surface area contributed by atoms with Crippen LogP contribution in [0, 0.1) is 0 Å². The molecule has 1 fully saturated rings. The third kappa shape index (κ3) is 6.57. The van der Waals surface area contributed by atoms with Crippen molar-refractivity contribution in [2.45, 2.75) is 39.5 Å². The highest BCUT2D eigenvalue weighted by Crippen LogP contribution is 2.14. The van der Waals surface area contributed by atoms with Crippen LogP contribution in [-0.2, 0) is 16.1 Å². The van der Waals surface area contributed by atoms with Crippen LogP contribution in [0.4, 0.5) is 5.69 Å². The van der Waals surface area contributed by atoms with Crippen molar-refractivity contribution in [1.82, 2.24) is 10.2 Å². The zero-order chi connectivity index (χ0) is 15.9. The summed E-state index contributed by atoms with van der Waals surface area (Å²) < 4.78 is 5.52. The van der Waals surface area contributed by atoms with E-state index in [0.29, 0.717) is 13.2 Å². The molecule has 1 heterocycles.